The number of nitrogens with one attached hydrogen (secondary N) is 1. The van der Waals surface area contributed by atoms with Gasteiger partial charge in [-0.2, -0.15) is 0 Å². The van der Waals surface area contributed by atoms with Gasteiger partial charge >= 0.3 is 0 Å². The number of carbonyl (C=O) groups is 2. The van der Waals surface area contributed by atoms with Gasteiger partial charge in [0, 0.05) is 36.1 Å². The lowest BCUT2D eigenvalue weighted by Crippen LogP contribution is -2.48. The molecule has 2 amide bonds. The number of ether oxygens (including phenoxy) is 1. The number of carbonyl (C=O) groups excluding carboxylic acids is 2. The molecule has 1 saturated heterocycles. The summed E-state index contributed by atoms with van der Waals surface area (Å²) in [6.07, 6.45) is 6.13. The van der Waals surface area contributed by atoms with Crippen molar-refractivity contribution in [2.75, 3.05) is 13.1 Å². The highest BCUT2D eigenvalue weighted by Crippen LogP contribution is 2.34. The maximum atomic E-state index is 13.4. The van der Waals surface area contributed by atoms with Crippen LogP contribution in [0.4, 0.5) is 0 Å². The Morgan fingerprint density at radius 1 is 1.06 bits per heavy atom. The van der Waals surface area contributed by atoms with Gasteiger partial charge in [-0.05, 0) is 92.8 Å². The van der Waals surface area contributed by atoms with Gasteiger partial charge in [-0.25, -0.2) is 0 Å². The Kier molecular flexibility index (Phi) is 7.71. The van der Waals surface area contributed by atoms with Gasteiger partial charge in [0.25, 0.3) is 11.8 Å². The van der Waals surface area contributed by atoms with E-state index in [0.717, 1.165) is 30.5 Å². The number of hydrogen-bond acceptors (Lipinski definition) is 4. The van der Waals surface area contributed by atoms with Gasteiger partial charge in [0.05, 0.1) is 6.04 Å². The van der Waals surface area contributed by atoms with E-state index in [1.807, 2.05) is 55.1 Å². The van der Waals surface area contributed by atoms with E-state index in [9.17, 15) is 9.59 Å². The van der Waals surface area contributed by atoms with Gasteiger partial charge in [0.2, 0.25) is 0 Å². The molecule has 1 aliphatic heterocycles. The molecule has 1 unspecified atom stereocenters. The molecule has 4 rings (SSSR count). The van der Waals surface area contributed by atoms with Gasteiger partial charge < -0.3 is 15.0 Å². The lowest BCUT2D eigenvalue weighted by Gasteiger charge is -2.33. The van der Waals surface area contributed by atoms with E-state index in [-0.39, 0.29) is 17.9 Å². The Bertz CT molecular complexity index is 1150. The number of nitrogens with zero attached hydrogens (tertiary/aromatic N) is 2. The van der Waals surface area contributed by atoms with E-state index >= 15 is 0 Å². The molecule has 35 heavy (non-hydrogen) atoms. The van der Waals surface area contributed by atoms with Crippen LogP contribution in [-0.4, -0.2) is 40.4 Å². The quantitative estimate of drug-likeness (QED) is 0.468. The van der Waals surface area contributed by atoms with Crippen molar-refractivity contribution in [3.05, 3.63) is 94.8 Å². The number of hydrogen-bond donors (Lipinski definition) is 1. The monoisotopic (exact) mass is 491 g/mol. The van der Waals surface area contributed by atoms with Gasteiger partial charge in [-0.1, -0.05) is 23.7 Å². The molecule has 3 aromatic rings. The molecule has 0 radical (unpaired) electrons. The molecule has 1 fully saturated rings. The van der Waals surface area contributed by atoms with E-state index < -0.39 is 5.60 Å². The summed E-state index contributed by atoms with van der Waals surface area (Å²) in [5.74, 6) is 0.483. The predicted octanol–water partition coefficient (Wildman–Crippen LogP) is 5.23. The van der Waals surface area contributed by atoms with Crippen molar-refractivity contribution in [3.63, 3.8) is 0 Å². The number of pyridine rings is 1. The molecule has 182 valence electrons. The standard InChI is InChI=1S/C28H30ClN3O3/c1-28(2,27(34)32-19-3-4-25(32)21-14-16-30-17-15-21)35-24-11-5-20(6-12-24)13-18-31-26(33)22-7-9-23(29)10-8-22/h5-12,14-17,25H,3-4,13,18-19H2,1-2H3,(H,31,33). The number of benzene rings is 2. The minimum absolute atomic E-state index is 0.0224. The van der Waals surface area contributed by atoms with Crippen molar-refractivity contribution in [2.24, 2.45) is 0 Å². The second kappa shape index (κ2) is 10.9. The zero-order chi connectivity index (χ0) is 24.8. The summed E-state index contributed by atoms with van der Waals surface area (Å²) >= 11 is 5.87. The van der Waals surface area contributed by atoms with Crippen LogP contribution in [0, 0.1) is 0 Å². The van der Waals surface area contributed by atoms with Crippen LogP contribution in [0.1, 0.15) is 54.2 Å². The average molecular weight is 492 g/mol. The molecule has 7 heteroatoms. The lowest BCUT2D eigenvalue weighted by molar-refractivity contribution is -0.146. The fourth-order valence-electron chi connectivity index (χ4n) is 4.37. The molecule has 1 aromatic heterocycles. The maximum absolute atomic E-state index is 13.4. The Morgan fingerprint density at radius 3 is 2.43 bits per heavy atom. The van der Waals surface area contributed by atoms with Crippen LogP contribution >= 0.6 is 11.6 Å². The van der Waals surface area contributed by atoms with Crippen LogP contribution in [0.15, 0.2) is 73.1 Å². The van der Waals surface area contributed by atoms with E-state index in [2.05, 4.69) is 10.3 Å². The van der Waals surface area contributed by atoms with Gasteiger partial charge in [-0.15, -0.1) is 0 Å². The first-order valence-corrected chi connectivity index (χ1v) is 12.2. The molecule has 6 nitrogen and oxygen atoms in total. The molecule has 1 aliphatic rings. The van der Waals surface area contributed by atoms with Crippen LogP contribution < -0.4 is 10.1 Å². The molecular formula is C28H30ClN3O3. The molecule has 2 aromatic carbocycles. The first-order chi connectivity index (χ1) is 16.8. The summed E-state index contributed by atoms with van der Waals surface area (Å²) in [5.41, 5.74) is 1.75. The molecule has 0 spiro atoms. The number of halogens is 1. The Hall–Kier alpha value is -3.38. The second-order valence-corrected chi connectivity index (χ2v) is 9.64. The fraction of sp³-hybridized carbons (Fsp3) is 0.321. The zero-order valence-corrected chi connectivity index (χ0v) is 20.8. The molecular weight excluding hydrogens is 462 g/mol. The number of rotatable bonds is 8. The highest BCUT2D eigenvalue weighted by molar-refractivity contribution is 6.30. The number of amides is 2. The third-order valence-corrected chi connectivity index (χ3v) is 6.47. The molecule has 1 N–H and O–H groups in total. The normalized spacial score (nSPS) is 15.6. The largest absolute Gasteiger partial charge is 0.478 e. The lowest BCUT2D eigenvalue weighted by atomic mass is 10.0. The SMILES string of the molecule is CC(C)(Oc1ccc(CCNC(=O)c2ccc(Cl)cc2)cc1)C(=O)N1CCCC1c1ccncc1. The van der Waals surface area contributed by atoms with E-state index in [4.69, 9.17) is 16.3 Å². The zero-order valence-electron chi connectivity index (χ0n) is 20.0. The van der Waals surface area contributed by atoms with E-state index in [1.54, 1.807) is 36.7 Å². The van der Waals surface area contributed by atoms with Gasteiger partial charge in [-0.3, -0.25) is 14.6 Å². The first kappa shape index (κ1) is 24.7. The van der Waals surface area contributed by atoms with Crippen LogP contribution in [0.25, 0.3) is 0 Å². The van der Waals surface area contributed by atoms with Crippen molar-refractivity contribution in [2.45, 2.75) is 44.8 Å². The highest BCUT2D eigenvalue weighted by Gasteiger charge is 2.40. The fourth-order valence-corrected chi connectivity index (χ4v) is 4.50. The number of likely N-dealkylation sites (tertiary alicyclic amines) is 1. The molecule has 0 saturated carbocycles. The Balaban J connectivity index is 1.31. The van der Waals surface area contributed by atoms with Gasteiger partial charge in [0.15, 0.2) is 5.60 Å². The second-order valence-electron chi connectivity index (χ2n) is 9.21. The van der Waals surface area contributed by atoms with Crippen LogP contribution in [0.5, 0.6) is 5.75 Å². The van der Waals surface area contributed by atoms with Crippen LogP contribution in [-0.2, 0) is 11.2 Å². The average Bonchev–Trinajstić information content (AvgIpc) is 3.35. The predicted molar refractivity (Wildman–Crippen MR) is 137 cm³/mol. The third-order valence-electron chi connectivity index (χ3n) is 6.22. The van der Waals surface area contributed by atoms with Gasteiger partial charge in [0.1, 0.15) is 5.75 Å². The summed E-state index contributed by atoms with van der Waals surface area (Å²) in [6.45, 7) is 4.87. The first-order valence-electron chi connectivity index (χ1n) is 11.9. The van der Waals surface area contributed by atoms with Crippen LogP contribution in [0.2, 0.25) is 5.02 Å². The summed E-state index contributed by atoms with van der Waals surface area (Å²) < 4.78 is 6.14. The maximum Gasteiger partial charge on any atom is 0.266 e. The summed E-state index contributed by atoms with van der Waals surface area (Å²) in [4.78, 5) is 31.6. The van der Waals surface area contributed by atoms with Crippen molar-refractivity contribution < 1.29 is 14.3 Å². The summed E-state index contributed by atoms with van der Waals surface area (Å²) in [6, 6.07) is 18.5. The molecule has 2 heterocycles. The van der Waals surface area contributed by atoms with E-state index in [0.29, 0.717) is 29.3 Å². The highest BCUT2D eigenvalue weighted by atomic mass is 35.5. The van der Waals surface area contributed by atoms with Crippen LogP contribution in [0.3, 0.4) is 0 Å². The van der Waals surface area contributed by atoms with E-state index in [1.165, 1.54) is 0 Å². The number of aromatic nitrogens is 1. The van der Waals surface area contributed by atoms with Crippen molar-refractivity contribution in [1.29, 1.82) is 0 Å². The Morgan fingerprint density at radius 2 is 1.74 bits per heavy atom. The van der Waals surface area contributed by atoms with Crippen molar-refractivity contribution in [1.82, 2.24) is 15.2 Å². The third kappa shape index (κ3) is 6.20. The molecule has 0 aliphatic carbocycles. The minimum atomic E-state index is -0.996. The summed E-state index contributed by atoms with van der Waals surface area (Å²) in [5, 5.41) is 3.52. The Labute approximate surface area is 211 Å². The van der Waals surface area contributed by atoms with Crippen molar-refractivity contribution in [3.8, 4) is 5.75 Å². The smallest absolute Gasteiger partial charge is 0.266 e. The minimum Gasteiger partial charge on any atom is -0.478 e. The van der Waals surface area contributed by atoms with Crippen molar-refractivity contribution >= 4 is 23.4 Å². The molecule has 1 atom stereocenters. The summed E-state index contributed by atoms with van der Waals surface area (Å²) in [7, 11) is 0. The molecule has 0 bridgehead atoms. The topological polar surface area (TPSA) is 71.5 Å².